The third-order valence-corrected chi connectivity index (χ3v) is 2.57. The van der Waals surface area contributed by atoms with Gasteiger partial charge in [0, 0.05) is 13.0 Å². The number of aromatic nitrogens is 2. The van der Waals surface area contributed by atoms with Crippen LogP contribution in [-0.4, -0.2) is 35.4 Å². The number of halogens is 1. The predicted molar refractivity (Wildman–Crippen MR) is 71.5 cm³/mol. The fourth-order valence-corrected chi connectivity index (χ4v) is 1.72. The van der Waals surface area contributed by atoms with Gasteiger partial charge in [0.25, 0.3) is 0 Å². The molecular formula is C12H16ClN3O3. The third kappa shape index (κ3) is 4.82. The lowest BCUT2D eigenvalue weighted by atomic mass is 10.3. The van der Waals surface area contributed by atoms with Crippen molar-refractivity contribution in [3.8, 4) is 0 Å². The van der Waals surface area contributed by atoms with Crippen LogP contribution in [0.2, 0.25) is 5.15 Å². The number of anilines is 1. The summed E-state index contributed by atoms with van der Waals surface area (Å²) in [7, 11) is 0. The molecule has 0 amide bonds. The van der Waals surface area contributed by atoms with Crippen LogP contribution in [0.3, 0.4) is 0 Å². The highest BCUT2D eigenvalue weighted by atomic mass is 35.5. The number of rotatable bonds is 7. The summed E-state index contributed by atoms with van der Waals surface area (Å²) in [6.07, 6.45) is 1.50. The van der Waals surface area contributed by atoms with Crippen LogP contribution in [0.4, 0.5) is 5.82 Å². The molecule has 0 bridgehead atoms. The quantitative estimate of drug-likeness (QED) is 0.357. The molecule has 0 radical (unpaired) electrons. The van der Waals surface area contributed by atoms with E-state index in [0.29, 0.717) is 43.9 Å². The standard InChI is InChI=1S/C12H16ClN3O3/c1-3-19-10(18)5-4-6-14-12-9(7-17)11(13)15-8(2)16-12/h7H,3-6H2,1-2H3,(H,14,15,16). The fraction of sp³-hybridized carbons (Fsp3) is 0.500. The first-order chi connectivity index (χ1) is 9.08. The molecule has 104 valence electrons. The molecule has 0 fully saturated rings. The Bertz CT molecular complexity index is 466. The van der Waals surface area contributed by atoms with E-state index in [-0.39, 0.29) is 16.7 Å². The lowest BCUT2D eigenvalue weighted by Gasteiger charge is -2.09. The van der Waals surface area contributed by atoms with Crippen LogP contribution < -0.4 is 5.32 Å². The number of esters is 1. The normalized spacial score (nSPS) is 10.1. The Morgan fingerprint density at radius 1 is 1.47 bits per heavy atom. The van der Waals surface area contributed by atoms with Crippen LogP contribution in [-0.2, 0) is 9.53 Å². The van der Waals surface area contributed by atoms with E-state index in [1.807, 2.05) is 0 Å². The van der Waals surface area contributed by atoms with E-state index in [2.05, 4.69) is 15.3 Å². The molecule has 1 N–H and O–H groups in total. The molecule has 1 rings (SSSR count). The molecule has 0 spiro atoms. The van der Waals surface area contributed by atoms with Crippen LogP contribution in [0.5, 0.6) is 0 Å². The zero-order valence-electron chi connectivity index (χ0n) is 10.9. The van der Waals surface area contributed by atoms with E-state index in [4.69, 9.17) is 16.3 Å². The molecule has 7 heteroatoms. The summed E-state index contributed by atoms with van der Waals surface area (Å²) in [4.78, 5) is 30.0. The van der Waals surface area contributed by atoms with Gasteiger partial charge in [-0.25, -0.2) is 9.97 Å². The van der Waals surface area contributed by atoms with Crippen LogP contribution in [0.1, 0.15) is 35.9 Å². The van der Waals surface area contributed by atoms with E-state index in [9.17, 15) is 9.59 Å². The van der Waals surface area contributed by atoms with Crippen molar-refractivity contribution in [1.82, 2.24) is 9.97 Å². The summed E-state index contributed by atoms with van der Waals surface area (Å²) in [5.41, 5.74) is 0.225. The van der Waals surface area contributed by atoms with E-state index in [0.717, 1.165) is 0 Å². The molecule has 6 nitrogen and oxygen atoms in total. The van der Waals surface area contributed by atoms with Gasteiger partial charge in [-0.1, -0.05) is 11.6 Å². The minimum atomic E-state index is -0.239. The second-order valence-corrected chi connectivity index (χ2v) is 4.14. The van der Waals surface area contributed by atoms with Crippen LogP contribution in [0.25, 0.3) is 0 Å². The van der Waals surface area contributed by atoms with Gasteiger partial charge in [0.2, 0.25) is 0 Å². The van der Waals surface area contributed by atoms with Crippen LogP contribution >= 0.6 is 11.6 Å². The Kier molecular flexibility index (Phi) is 6.21. The summed E-state index contributed by atoms with van der Waals surface area (Å²) in [6, 6.07) is 0. The van der Waals surface area contributed by atoms with Crippen molar-refractivity contribution >= 4 is 29.7 Å². The molecule has 0 saturated heterocycles. The van der Waals surface area contributed by atoms with Gasteiger partial charge in [-0.05, 0) is 20.3 Å². The Balaban J connectivity index is 2.53. The Morgan fingerprint density at radius 2 is 2.21 bits per heavy atom. The molecule has 0 atom stereocenters. The van der Waals surface area contributed by atoms with Crippen molar-refractivity contribution in [3.63, 3.8) is 0 Å². The number of hydrogen-bond donors (Lipinski definition) is 1. The largest absolute Gasteiger partial charge is 0.466 e. The molecule has 0 unspecified atom stereocenters. The molecule has 0 saturated carbocycles. The van der Waals surface area contributed by atoms with E-state index in [1.54, 1.807) is 13.8 Å². The van der Waals surface area contributed by atoms with Crippen molar-refractivity contribution in [1.29, 1.82) is 0 Å². The van der Waals surface area contributed by atoms with Crippen molar-refractivity contribution in [3.05, 3.63) is 16.5 Å². The topological polar surface area (TPSA) is 81.2 Å². The van der Waals surface area contributed by atoms with E-state index >= 15 is 0 Å². The predicted octanol–water partition coefficient (Wildman–Crippen LogP) is 2.01. The second-order valence-electron chi connectivity index (χ2n) is 3.78. The number of hydrogen-bond acceptors (Lipinski definition) is 6. The average Bonchev–Trinajstić information content (AvgIpc) is 2.34. The first-order valence-corrected chi connectivity index (χ1v) is 6.35. The SMILES string of the molecule is CCOC(=O)CCCNc1nc(C)nc(Cl)c1C=O. The van der Waals surface area contributed by atoms with Gasteiger partial charge in [-0.2, -0.15) is 0 Å². The van der Waals surface area contributed by atoms with Gasteiger partial charge in [0.1, 0.15) is 16.8 Å². The molecule has 0 aromatic carbocycles. The smallest absolute Gasteiger partial charge is 0.305 e. The van der Waals surface area contributed by atoms with E-state index in [1.165, 1.54) is 0 Å². The second kappa shape index (κ2) is 7.68. The molecule has 0 aliphatic heterocycles. The summed E-state index contributed by atoms with van der Waals surface area (Å²) < 4.78 is 4.81. The van der Waals surface area contributed by atoms with Crippen molar-refractivity contribution < 1.29 is 14.3 Å². The highest BCUT2D eigenvalue weighted by Crippen LogP contribution is 2.18. The van der Waals surface area contributed by atoms with E-state index < -0.39 is 0 Å². The highest BCUT2D eigenvalue weighted by molar-refractivity contribution is 6.32. The van der Waals surface area contributed by atoms with Gasteiger partial charge in [-0.3, -0.25) is 9.59 Å². The summed E-state index contributed by atoms with van der Waals surface area (Å²) in [6.45, 7) is 4.32. The first-order valence-electron chi connectivity index (χ1n) is 5.97. The molecule has 19 heavy (non-hydrogen) atoms. The summed E-state index contributed by atoms with van der Waals surface area (Å²) in [5, 5.41) is 3.09. The van der Waals surface area contributed by atoms with Gasteiger partial charge >= 0.3 is 5.97 Å². The van der Waals surface area contributed by atoms with Gasteiger partial charge in [0.15, 0.2) is 6.29 Å². The Hall–Kier alpha value is -1.69. The first kappa shape index (κ1) is 15.4. The van der Waals surface area contributed by atoms with Crippen LogP contribution in [0, 0.1) is 6.92 Å². The van der Waals surface area contributed by atoms with Crippen molar-refractivity contribution in [2.45, 2.75) is 26.7 Å². The maximum atomic E-state index is 11.1. The molecule has 0 aliphatic carbocycles. The zero-order valence-corrected chi connectivity index (χ0v) is 11.7. The molecule has 1 aromatic heterocycles. The lowest BCUT2D eigenvalue weighted by molar-refractivity contribution is -0.143. The zero-order chi connectivity index (χ0) is 14.3. The Labute approximate surface area is 116 Å². The molecule has 1 aromatic rings. The number of carbonyl (C=O) groups excluding carboxylic acids is 2. The van der Waals surface area contributed by atoms with Crippen molar-refractivity contribution in [2.24, 2.45) is 0 Å². The van der Waals surface area contributed by atoms with Gasteiger partial charge in [-0.15, -0.1) is 0 Å². The average molecular weight is 286 g/mol. The third-order valence-electron chi connectivity index (χ3n) is 2.28. The molecular weight excluding hydrogens is 270 g/mol. The number of aldehydes is 1. The number of nitrogens with one attached hydrogen (secondary N) is 1. The summed E-state index contributed by atoms with van der Waals surface area (Å²) in [5.74, 6) is 0.622. The fourth-order valence-electron chi connectivity index (χ4n) is 1.46. The van der Waals surface area contributed by atoms with Crippen molar-refractivity contribution in [2.75, 3.05) is 18.5 Å². The molecule has 0 aliphatic rings. The molecule has 1 heterocycles. The van der Waals surface area contributed by atoms with Gasteiger partial charge < -0.3 is 10.1 Å². The maximum absolute atomic E-state index is 11.1. The summed E-state index contributed by atoms with van der Waals surface area (Å²) >= 11 is 5.84. The number of carbonyl (C=O) groups is 2. The maximum Gasteiger partial charge on any atom is 0.305 e. The minimum Gasteiger partial charge on any atom is -0.466 e. The monoisotopic (exact) mass is 285 g/mol. The minimum absolute atomic E-state index is 0.121. The van der Waals surface area contributed by atoms with Gasteiger partial charge in [0.05, 0.1) is 12.2 Å². The number of aryl methyl sites for hydroxylation is 1. The lowest BCUT2D eigenvalue weighted by Crippen LogP contribution is -2.11. The Morgan fingerprint density at radius 3 is 2.84 bits per heavy atom. The number of ether oxygens (including phenoxy) is 1. The van der Waals surface area contributed by atoms with Crippen LogP contribution in [0.15, 0.2) is 0 Å². The highest BCUT2D eigenvalue weighted by Gasteiger charge is 2.10. The number of nitrogens with zero attached hydrogens (tertiary/aromatic N) is 2.